The van der Waals surface area contributed by atoms with Crippen LogP contribution in [0.15, 0.2) is 29.3 Å². The molecule has 2 fully saturated rings. The molecular formula is C20H24F4N2O. The van der Waals surface area contributed by atoms with Crippen molar-refractivity contribution < 1.29 is 17.6 Å². The van der Waals surface area contributed by atoms with Crippen LogP contribution in [-0.2, 0) is 0 Å². The minimum absolute atomic E-state index is 0.0504. The average Bonchev–Trinajstić information content (AvgIpc) is 2.61. The van der Waals surface area contributed by atoms with Gasteiger partial charge in [0.25, 0.3) is 0 Å². The van der Waals surface area contributed by atoms with Gasteiger partial charge in [0.15, 0.2) is 5.43 Å². The third kappa shape index (κ3) is 5.30. The van der Waals surface area contributed by atoms with E-state index in [1.807, 2.05) is 0 Å². The summed E-state index contributed by atoms with van der Waals surface area (Å²) in [6, 6.07) is 3.14. The van der Waals surface area contributed by atoms with Gasteiger partial charge in [-0.3, -0.25) is 9.78 Å². The number of pyridine rings is 2. The smallest absolute Gasteiger partial charge is 0.248 e. The molecule has 2 aliphatic carbocycles. The van der Waals surface area contributed by atoms with Crippen molar-refractivity contribution in [1.29, 1.82) is 0 Å². The van der Waals surface area contributed by atoms with Crippen molar-refractivity contribution in [2.24, 2.45) is 0 Å². The fourth-order valence-electron chi connectivity index (χ4n) is 3.84. The summed E-state index contributed by atoms with van der Waals surface area (Å²) < 4.78 is 51.3. The number of H-pyrrole nitrogens is 1. The molecule has 0 amide bonds. The lowest BCUT2D eigenvalue weighted by Crippen LogP contribution is -2.26. The van der Waals surface area contributed by atoms with Crippen molar-refractivity contribution in [3.05, 3.63) is 40.4 Å². The zero-order valence-electron chi connectivity index (χ0n) is 15.1. The van der Waals surface area contributed by atoms with Crippen LogP contribution < -0.4 is 5.43 Å². The third-order valence-corrected chi connectivity index (χ3v) is 5.32. The maximum Gasteiger partial charge on any atom is 0.248 e. The van der Waals surface area contributed by atoms with Crippen molar-refractivity contribution in [2.75, 3.05) is 0 Å². The van der Waals surface area contributed by atoms with Gasteiger partial charge in [0.05, 0.1) is 10.9 Å². The van der Waals surface area contributed by atoms with E-state index in [-0.39, 0.29) is 37.0 Å². The minimum atomic E-state index is -2.62. The highest BCUT2D eigenvalue weighted by Gasteiger charge is 2.37. The lowest BCUT2D eigenvalue weighted by atomic mass is 9.84. The zero-order chi connectivity index (χ0) is 19.5. The number of alkyl halides is 4. The number of aromatic amines is 1. The van der Waals surface area contributed by atoms with Crippen molar-refractivity contribution in [2.45, 2.75) is 75.6 Å². The molecule has 0 bridgehead atoms. The molecule has 0 radical (unpaired) electrons. The molecule has 27 heavy (non-hydrogen) atoms. The number of rotatable bonds is 1. The Morgan fingerprint density at radius 1 is 1.00 bits per heavy atom. The quantitative estimate of drug-likeness (QED) is 0.632. The van der Waals surface area contributed by atoms with E-state index in [4.69, 9.17) is 0 Å². The zero-order valence-corrected chi connectivity index (χ0v) is 15.1. The molecule has 1 N–H and O–H groups in total. The van der Waals surface area contributed by atoms with Crippen molar-refractivity contribution in [1.82, 2.24) is 9.97 Å². The summed E-state index contributed by atoms with van der Waals surface area (Å²) in [4.78, 5) is 19.0. The van der Waals surface area contributed by atoms with E-state index in [0.717, 1.165) is 6.42 Å². The monoisotopic (exact) mass is 384 g/mol. The summed E-state index contributed by atoms with van der Waals surface area (Å²) in [7, 11) is 0. The van der Waals surface area contributed by atoms with Gasteiger partial charge >= 0.3 is 0 Å². The Bertz CT molecular complexity index is 826. The summed E-state index contributed by atoms with van der Waals surface area (Å²) in [5.41, 5.74) is 1.11. The van der Waals surface area contributed by atoms with E-state index in [9.17, 15) is 22.4 Å². The predicted octanol–water partition coefficient (Wildman–Crippen LogP) is 5.80. The SMILES string of the molecule is FC1(F)CCCCC1.O=c1cc([C@H]2CCCC(F)(F)C2)[nH]c2ccncc12. The second kappa shape index (κ2) is 7.98. The topological polar surface area (TPSA) is 45.8 Å². The molecule has 1 atom stereocenters. The molecule has 7 heteroatoms. The first kappa shape index (κ1) is 19.8. The van der Waals surface area contributed by atoms with E-state index in [2.05, 4.69) is 9.97 Å². The second-order valence-electron chi connectivity index (χ2n) is 7.58. The number of nitrogens with one attached hydrogen (secondary N) is 1. The van der Waals surface area contributed by atoms with Crippen LogP contribution in [0.25, 0.3) is 10.9 Å². The summed E-state index contributed by atoms with van der Waals surface area (Å²) in [5, 5.41) is 0.494. The van der Waals surface area contributed by atoms with Gasteiger partial charge in [0.1, 0.15) is 0 Å². The van der Waals surface area contributed by atoms with Gasteiger partial charge in [0, 0.05) is 55.8 Å². The van der Waals surface area contributed by atoms with Crippen molar-refractivity contribution >= 4 is 10.9 Å². The van der Waals surface area contributed by atoms with Gasteiger partial charge in [-0.05, 0) is 31.7 Å². The molecule has 4 rings (SSSR count). The van der Waals surface area contributed by atoms with Gasteiger partial charge in [-0.15, -0.1) is 0 Å². The molecule has 3 nitrogen and oxygen atoms in total. The highest BCUT2D eigenvalue weighted by Crippen LogP contribution is 2.41. The lowest BCUT2D eigenvalue weighted by Gasteiger charge is -2.28. The first-order valence-corrected chi connectivity index (χ1v) is 9.48. The van der Waals surface area contributed by atoms with Crippen LogP contribution in [0.1, 0.15) is 69.4 Å². The van der Waals surface area contributed by atoms with Crippen LogP contribution in [0.2, 0.25) is 0 Å². The van der Waals surface area contributed by atoms with Crippen LogP contribution >= 0.6 is 0 Å². The Morgan fingerprint density at radius 2 is 1.70 bits per heavy atom. The molecule has 2 aromatic rings. The Morgan fingerprint density at radius 3 is 2.33 bits per heavy atom. The Kier molecular flexibility index (Phi) is 5.86. The largest absolute Gasteiger partial charge is 0.358 e. The van der Waals surface area contributed by atoms with Gasteiger partial charge in [-0.2, -0.15) is 0 Å². The van der Waals surface area contributed by atoms with Gasteiger partial charge in [-0.25, -0.2) is 17.6 Å². The van der Waals surface area contributed by atoms with E-state index in [1.54, 1.807) is 12.3 Å². The van der Waals surface area contributed by atoms with Gasteiger partial charge in [0.2, 0.25) is 11.8 Å². The summed E-state index contributed by atoms with van der Waals surface area (Å²) in [5.74, 6) is -5.21. The fourth-order valence-corrected chi connectivity index (χ4v) is 3.84. The van der Waals surface area contributed by atoms with Crippen LogP contribution in [0, 0.1) is 0 Å². The lowest BCUT2D eigenvalue weighted by molar-refractivity contribution is -0.0412. The maximum atomic E-state index is 13.5. The van der Waals surface area contributed by atoms with Gasteiger partial charge in [-0.1, -0.05) is 6.42 Å². The number of aromatic nitrogens is 2. The van der Waals surface area contributed by atoms with Crippen LogP contribution in [0.4, 0.5) is 17.6 Å². The molecule has 2 heterocycles. The highest BCUT2D eigenvalue weighted by atomic mass is 19.3. The second-order valence-corrected chi connectivity index (χ2v) is 7.58. The van der Waals surface area contributed by atoms with E-state index >= 15 is 0 Å². The van der Waals surface area contributed by atoms with Crippen LogP contribution in [0.3, 0.4) is 0 Å². The van der Waals surface area contributed by atoms with Crippen molar-refractivity contribution in [3.63, 3.8) is 0 Å². The molecular weight excluding hydrogens is 360 g/mol. The molecule has 148 valence electrons. The normalized spacial score (nSPS) is 24.1. The number of halogens is 4. The number of hydrogen-bond donors (Lipinski definition) is 1. The fraction of sp³-hybridized carbons (Fsp3) is 0.600. The van der Waals surface area contributed by atoms with Crippen molar-refractivity contribution in [3.8, 4) is 0 Å². The summed E-state index contributed by atoms with van der Waals surface area (Å²) in [6.07, 6.45) is 6.70. The molecule has 2 saturated carbocycles. The number of hydrogen-bond acceptors (Lipinski definition) is 2. The molecule has 0 unspecified atom stereocenters. The average molecular weight is 384 g/mol. The summed E-state index contributed by atoms with van der Waals surface area (Å²) >= 11 is 0. The minimum Gasteiger partial charge on any atom is -0.358 e. The Hall–Kier alpha value is -1.92. The Labute approximate surface area is 155 Å². The number of nitrogens with zero attached hydrogens (tertiary/aromatic N) is 1. The molecule has 0 spiro atoms. The van der Waals surface area contributed by atoms with Crippen LogP contribution in [-0.4, -0.2) is 21.8 Å². The predicted molar refractivity (Wildman–Crippen MR) is 96.6 cm³/mol. The highest BCUT2D eigenvalue weighted by molar-refractivity contribution is 5.77. The number of fused-ring (bicyclic) bond motifs is 1. The van der Waals surface area contributed by atoms with Gasteiger partial charge < -0.3 is 4.98 Å². The third-order valence-electron chi connectivity index (χ3n) is 5.32. The maximum absolute atomic E-state index is 13.5. The summed E-state index contributed by atoms with van der Waals surface area (Å²) in [6.45, 7) is 0. The standard InChI is InChI=1S/C14H14F2N2O.C6H10F2/c15-14(16)4-1-2-9(7-14)12-6-13(19)10-8-17-5-3-11(10)18-12;7-6(8)4-2-1-3-5-6/h3,5-6,8-9H,1-2,4,7H2,(H,18,19);1-5H2/t9-;/m0./s1. The molecule has 2 aliphatic rings. The molecule has 2 aromatic heterocycles. The molecule has 0 aromatic carbocycles. The first-order valence-electron chi connectivity index (χ1n) is 9.48. The molecule has 0 saturated heterocycles. The van der Waals surface area contributed by atoms with E-state index in [1.165, 1.54) is 12.3 Å². The molecule has 0 aliphatic heterocycles. The first-order chi connectivity index (χ1) is 12.8. The van der Waals surface area contributed by atoms with Crippen LogP contribution in [0.5, 0.6) is 0 Å². The van der Waals surface area contributed by atoms with E-state index in [0.29, 0.717) is 42.3 Å². The Balaban J connectivity index is 0.000000221. The van der Waals surface area contributed by atoms with E-state index < -0.39 is 11.8 Å².